The Morgan fingerprint density at radius 3 is 2.62 bits per heavy atom. The lowest BCUT2D eigenvalue weighted by atomic mass is 10.3. The van der Waals surface area contributed by atoms with Crippen LogP contribution >= 0.6 is 27.5 Å². The van der Waals surface area contributed by atoms with Crippen LogP contribution in [0.15, 0.2) is 45.8 Å². The molecule has 0 spiro atoms. The second kappa shape index (κ2) is 6.62. The van der Waals surface area contributed by atoms with Crippen LogP contribution in [0.2, 0.25) is 5.02 Å². The third-order valence-electron chi connectivity index (χ3n) is 3.28. The molecule has 0 bridgehead atoms. The van der Waals surface area contributed by atoms with Crippen LogP contribution < -0.4 is 14.8 Å². The van der Waals surface area contributed by atoms with Gasteiger partial charge >= 0.3 is 0 Å². The molecule has 2 aromatic rings. The molecule has 3 rings (SSSR count). The molecule has 0 aromatic heterocycles. The summed E-state index contributed by atoms with van der Waals surface area (Å²) in [6.45, 7) is 0.185. The van der Waals surface area contributed by atoms with Gasteiger partial charge in [0, 0.05) is 21.2 Å². The average Bonchev–Trinajstić information content (AvgIpc) is 2.68. The highest BCUT2D eigenvalue weighted by Gasteiger charge is 2.23. The number of amides is 1. The Hall–Kier alpha value is -1.77. The van der Waals surface area contributed by atoms with E-state index in [4.69, 9.17) is 16.3 Å². The molecule has 2 N–H and O–H groups in total. The maximum absolute atomic E-state index is 12.6. The third kappa shape index (κ3) is 3.66. The van der Waals surface area contributed by atoms with Gasteiger partial charge in [-0.25, -0.2) is 8.42 Å². The van der Waals surface area contributed by atoms with Gasteiger partial charge in [0.2, 0.25) is 5.91 Å². The fraction of sp³-hybridized carbons (Fsp3) is 0.133. The maximum Gasteiger partial charge on any atom is 0.263 e. The van der Waals surface area contributed by atoms with Gasteiger partial charge < -0.3 is 10.1 Å². The normalized spacial score (nSPS) is 14.2. The van der Waals surface area contributed by atoms with E-state index in [1.807, 2.05) is 0 Å². The molecule has 24 heavy (non-hydrogen) atoms. The summed E-state index contributed by atoms with van der Waals surface area (Å²) in [5.41, 5.74) is 0.810. The zero-order chi connectivity index (χ0) is 17.3. The summed E-state index contributed by atoms with van der Waals surface area (Å²) >= 11 is 9.03. The molecule has 0 saturated carbocycles. The van der Waals surface area contributed by atoms with Crippen molar-refractivity contribution in [3.8, 4) is 5.75 Å². The lowest BCUT2D eigenvalue weighted by Gasteiger charge is -2.13. The minimum absolute atomic E-state index is 0.00680. The molecule has 0 atom stereocenters. The number of carbonyl (C=O) groups excluding carboxylic acids is 1. The van der Waals surface area contributed by atoms with Crippen molar-refractivity contribution >= 4 is 54.8 Å². The van der Waals surface area contributed by atoms with Crippen molar-refractivity contribution < 1.29 is 17.9 Å². The number of sulfonamides is 1. The van der Waals surface area contributed by atoms with Gasteiger partial charge in [-0.3, -0.25) is 9.52 Å². The summed E-state index contributed by atoms with van der Waals surface area (Å²) in [5.74, 6) is 0.121. The van der Waals surface area contributed by atoms with E-state index < -0.39 is 10.0 Å². The molecule has 1 aliphatic heterocycles. The zero-order valence-electron chi connectivity index (χ0n) is 12.2. The predicted molar refractivity (Wildman–Crippen MR) is 95.1 cm³/mol. The largest absolute Gasteiger partial charge is 0.491 e. The number of hydrogen-bond acceptors (Lipinski definition) is 4. The lowest BCUT2D eigenvalue weighted by Crippen LogP contribution is -2.14. The molecule has 1 amide bonds. The maximum atomic E-state index is 12.6. The molecule has 126 valence electrons. The Morgan fingerprint density at radius 1 is 1.21 bits per heavy atom. The van der Waals surface area contributed by atoms with Gasteiger partial charge in [0.1, 0.15) is 10.6 Å². The van der Waals surface area contributed by atoms with E-state index in [0.29, 0.717) is 26.6 Å². The van der Waals surface area contributed by atoms with E-state index in [1.165, 1.54) is 12.1 Å². The van der Waals surface area contributed by atoms with Crippen molar-refractivity contribution in [2.45, 2.75) is 11.3 Å². The Morgan fingerprint density at radius 2 is 1.92 bits per heavy atom. The molecule has 0 radical (unpaired) electrons. The summed E-state index contributed by atoms with van der Waals surface area (Å²) in [7, 11) is -3.85. The van der Waals surface area contributed by atoms with Crippen molar-refractivity contribution in [1.82, 2.24) is 0 Å². The number of benzene rings is 2. The van der Waals surface area contributed by atoms with Crippen LogP contribution in [-0.2, 0) is 14.8 Å². The number of rotatable bonds is 3. The monoisotopic (exact) mass is 430 g/mol. The molecular formula is C15H12BrClN2O4S. The zero-order valence-corrected chi connectivity index (χ0v) is 15.3. The lowest BCUT2D eigenvalue weighted by molar-refractivity contribution is -0.116. The van der Waals surface area contributed by atoms with Gasteiger partial charge in [0.05, 0.1) is 18.7 Å². The Balaban J connectivity index is 1.97. The van der Waals surface area contributed by atoms with Crippen molar-refractivity contribution in [3.63, 3.8) is 0 Å². The number of fused-ring (bicyclic) bond motifs is 1. The van der Waals surface area contributed by atoms with Gasteiger partial charge in [-0.1, -0.05) is 11.6 Å². The molecule has 6 nitrogen and oxygen atoms in total. The molecule has 0 saturated heterocycles. The third-order valence-corrected chi connectivity index (χ3v) is 5.87. The van der Waals surface area contributed by atoms with Crippen LogP contribution in [0.25, 0.3) is 0 Å². The van der Waals surface area contributed by atoms with Gasteiger partial charge in [-0.2, -0.15) is 0 Å². The van der Waals surface area contributed by atoms with E-state index >= 15 is 0 Å². The molecule has 0 unspecified atom stereocenters. The molecule has 1 heterocycles. The minimum Gasteiger partial charge on any atom is -0.491 e. The smallest absolute Gasteiger partial charge is 0.263 e. The highest BCUT2D eigenvalue weighted by atomic mass is 79.9. The SMILES string of the molecule is O=C1CCOc2cc(S(=O)(=O)Nc3ccc(Cl)cc3)c(Br)cc2N1. The highest BCUT2D eigenvalue weighted by molar-refractivity contribution is 9.10. The number of halogens is 2. The summed E-state index contributed by atoms with van der Waals surface area (Å²) in [5, 5.41) is 3.18. The topological polar surface area (TPSA) is 84.5 Å². The quantitative estimate of drug-likeness (QED) is 0.777. The van der Waals surface area contributed by atoms with Crippen LogP contribution in [0.5, 0.6) is 5.75 Å². The summed E-state index contributed by atoms with van der Waals surface area (Å²) in [4.78, 5) is 11.6. The predicted octanol–water partition coefficient (Wildman–Crippen LogP) is 3.62. The summed E-state index contributed by atoms with van der Waals surface area (Å²) < 4.78 is 33.5. The Kier molecular flexibility index (Phi) is 4.71. The molecular weight excluding hydrogens is 420 g/mol. The van der Waals surface area contributed by atoms with Crippen molar-refractivity contribution in [1.29, 1.82) is 0 Å². The van der Waals surface area contributed by atoms with Gasteiger partial charge in [0.25, 0.3) is 10.0 Å². The van der Waals surface area contributed by atoms with E-state index in [-0.39, 0.29) is 23.8 Å². The standard InChI is InChI=1S/C15H12BrClN2O4S/c16-11-7-12-13(23-6-5-15(20)18-12)8-14(11)24(21,22)19-10-3-1-9(17)2-4-10/h1-4,7-8,19H,5-6H2,(H,18,20). The number of hydrogen-bond donors (Lipinski definition) is 2. The van der Waals surface area contributed by atoms with Gasteiger partial charge in [-0.05, 0) is 46.3 Å². The molecule has 2 aromatic carbocycles. The van der Waals surface area contributed by atoms with E-state index in [0.717, 1.165) is 0 Å². The number of carbonyl (C=O) groups is 1. The van der Waals surface area contributed by atoms with Gasteiger partial charge in [-0.15, -0.1) is 0 Å². The fourth-order valence-electron chi connectivity index (χ4n) is 2.15. The van der Waals surface area contributed by atoms with Crippen LogP contribution in [0.1, 0.15) is 6.42 Å². The van der Waals surface area contributed by atoms with E-state index in [9.17, 15) is 13.2 Å². The van der Waals surface area contributed by atoms with E-state index in [2.05, 4.69) is 26.0 Å². The van der Waals surface area contributed by atoms with Crippen molar-refractivity contribution in [3.05, 3.63) is 45.9 Å². The average molecular weight is 432 g/mol. The Bertz CT molecular complexity index is 900. The van der Waals surface area contributed by atoms with Crippen molar-refractivity contribution in [2.75, 3.05) is 16.6 Å². The molecule has 0 fully saturated rings. The van der Waals surface area contributed by atoms with Gasteiger partial charge in [0.15, 0.2) is 0 Å². The Labute approximate surface area is 152 Å². The van der Waals surface area contributed by atoms with Crippen LogP contribution in [0, 0.1) is 0 Å². The van der Waals surface area contributed by atoms with Crippen LogP contribution in [-0.4, -0.2) is 20.9 Å². The number of anilines is 2. The minimum atomic E-state index is -3.85. The van der Waals surface area contributed by atoms with Crippen LogP contribution in [0.4, 0.5) is 11.4 Å². The number of nitrogens with one attached hydrogen (secondary N) is 2. The van der Waals surface area contributed by atoms with Crippen molar-refractivity contribution in [2.24, 2.45) is 0 Å². The summed E-state index contributed by atoms with van der Waals surface area (Å²) in [6.07, 6.45) is 0.206. The molecule has 9 heteroatoms. The first-order valence-electron chi connectivity index (χ1n) is 6.90. The first-order valence-corrected chi connectivity index (χ1v) is 9.55. The molecule has 0 aliphatic carbocycles. The first-order chi connectivity index (χ1) is 11.3. The molecule has 1 aliphatic rings. The first kappa shape index (κ1) is 17.1. The second-order valence-corrected chi connectivity index (χ2v) is 7.98. The van der Waals surface area contributed by atoms with Crippen LogP contribution in [0.3, 0.4) is 0 Å². The highest BCUT2D eigenvalue weighted by Crippen LogP contribution is 2.36. The number of ether oxygens (including phenoxy) is 1. The van der Waals surface area contributed by atoms with E-state index in [1.54, 1.807) is 24.3 Å². The second-order valence-electron chi connectivity index (χ2n) is 5.04. The fourth-order valence-corrected chi connectivity index (χ4v) is 4.40. The summed E-state index contributed by atoms with van der Waals surface area (Å²) in [6, 6.07) is 9.19.